The van der Waals surface area contributed by atoms with Crippen LogP contribution in [0.25, 0.3) is 0 Å². The van der Waals surface area contributed by atoms with E-state index in [1.807, 2.05) is 37.3 Å². The van der Waals surface area contributed by atoms with Gasteiger partial charge < -0.3 is 14.9 Å². The number of hydrogen-bond donors (Lipinski definition) is 1. The first-order valence-corrected chi connectivity index (χ1v) is 6.62. The molecule has 0 aliphatic rings. The predicted octanol–water partition coefficient (Wildman–Crippen LogP) is 2.28. The summed E-state index contributed by atoms with van der Waals surface area (Å²) in [5.74, 6) is 0.00672. The molecule has 0 radical (unpaired) electrons. The number of hydrogen-bond acceptors (Lipinski definition) is 2. The SMILES string of the molecule is CC(CC(=O)N(C)C)CN(Cc1ccccc1)C(=O)O. The maximum absolute atomic E-state index is 11.6. The van der Waals surface area contributed by atoms with Gasteiger partial charge in [-0.3, -0.25) is 4.79 Å². The Hall–Kier alpha value is -2.04. The second-order valence-electron chi connectivity index (χ2n) is 5.25. The molecule has 0 fully saturated rings. The third-order valence-corrected chi connectivity index (χ3v) is 3.04. The third-order valence-electron chi connectivity index (χ3n) is 3.04. The summed E-state index contributed by atoms with van der Waals surface area (Å²) in [6.45, 7) is 2.59. The van der Waals surface area contributed by atoms with Crippen LogP contribution in [0.3, 0.4) is 0 Å². The summed E-state index contributed by atoms with van der Waals surface area (Å²) in [4.78, 5) is 25.8. The topological polar surface area (TPSA) is 60.9 Å². The number of carbonyl (C=O) groups excluding carboxylic acids is 1. The van der Waals surface area contributed by atoms with Crippen LogP contribution in [0, 0.1) is 5.92 Å². The van der Waals surface area contributed by atoms with Crippen molar-refractivity contribution in [2.24, 2.45) is 5.92 Å². The minimum Gasteiger partial charge on any atom is -0.465 e. The maximum atomic E-state index is 11.6. The summed E-state index contributed by atoms with van der Waals surface area (Å²) in [6, 6.07) is 9.45. The molecule has 1 atom stereocenters. The maximum Gasteiger partial charge on any atom is 0.407 e. The lowest BCUT2D eigenvalue weighted by Gasteiger charge is -2.23. The molecule has 1 rings (SSSR count). The van der Waals surface area contributed by atoms with Crippen molar-refractivity contribution in [3.63, 3.8) is 0 Å². The summed E-state index contributed by atoms with van der Waals surface area (Å²) < 4.78 is 0. The van der Waals surface area contributed by atoms with Gasteiger partial charge in [0.1, 0.15) is 0 Å². The fourth-order valence-corrected chi connectivity index (χ4v) is 1.94. The molecule has 0 aromatic heterocycles. The molecule has 2 amide bonds. The van der Waals surface area contributed by atoms with Gasteiger partial charge in [0.2, 0.25) is 5.91 Å². The molecule has 5 nitrogen and oxygen atoms in total. The van der Waals surface area contributed by atoms with Gasteiger partial charge in [0.15, 0.2) is 0 Å². The third kappa shape index (κ3) is 5.30. The number of nitrogens with zero attached hydrogens (tertiary/aromatic N) is 2. The average molecular weight is 278 g/mol. The molecule has 0 spiro atoms. The number of rotatable bonds is 6. The van der Waals surface area contributed by atoms with Crippen LogP contribution in [0.2, 0.25) is 0 Å². The van der Waals surface area contributed by atoms with E-state index in [1.165, 1.54) is 9.80 Å². The van der Waals surface area contributed by atoms with Crippen LogP contribution in [0.5, 0.6) is 0 Å². The Kier molecular flexibility index (Phi) is 6.03. The van der Waals surface area contributed by atoms with Crippen LogP contribution in [-0.2, 0) is 11.3 Å². The number of amides is 2. The highest BCUT2D eigenvalue weighted by molar-refractivity contribution is 5.75. The van der Waals surface area contributed by atoms with Crippen molar-refractivity contribution in [1.29, 1.82) is 0 Å². The van der Waals surface area contributed by atoms with Crippen LogP contribution in [-0.4, -0.2) is 47.5 Å². The Morgan fingerprint density at radius 2 is 1.80 bits per heavy atom. The van der Waals surface area contributed by atoms with Gasteiger partial charge in [0, 0.05) is 33.6 Å². The minimum absolute atomic E-state index is 0.00953. The lowest BCUT2D eigenvalue weighted by molar-refractivity contribution is -0.129. The van der Waals surface area contributed by atoms with E-state index in [-0.39, 0.29) is 11.8 Å². The Balaban J connectivity index is 2.59. The van der Waals surface area contributed by atoms with Crippen molar-refractivity contribution in [3.05, 3.63) is 35.9 Å². The van der Waals surface area contributed by atoms with Crippen LogP contribution in [0.4, 0.5) is 4.79 Å². The molecule has 0 aliphatic heterocycles. The largest absolute Gasteiger partial charge is 0.465 e. The second-order valence-corrected chi connectivity index (χ2v) is 5.25. The van der Waals surface area contributed by atoms with Gasteiger partial charge in [0.25, 0.3) is 0 Å². The molecule has 1 aromatic carbocycles. The average Bonchev–Trinajstić information content (AvgIpc) is 2.38. The molecule has 5 heteroatoms. The number of benzene rings is 1. The predicted molar refractivity (Wildman–Crippen MR) is 77.4 cm³/mol. The quantitative estimate of drug-likeness (QED) is 0.868. The smallest absolute Gasteiger partial charge is 0.407 e. The molecule has 0 heterocycles. The molecule has 0 saturated heterocycles. The van der Waals surface area contributed by atoms with Gasteiger partial charge >= 0.3 is 6.09 Å². The van der Waals surface area contributed by atoms with E-state index < -0.39 is 6.09 Å². The first kappa shape index (κ1) is 16.0. The van der Waals surface area contributed by atoms with Gasteiger partial charge in [-0.2, -0.15) is 0 Å². The summed E-state index contributed by atoms with van der Waals surface area (Å²) in [5, 5.41) is 9.26. The molecule has 1 aromatic rings. The van der Waals surface area contributed by atoms with Crippen molar-refractivity contribution in [1.82, 2.24) is 9.80 Å². The second kappa shape index (κ2) is 7.53. The monoisotopic (exact) mass is 278 g/mol. The highest BCUT2D eigenvalue weighted by Gasteiger charge is 2.18. The summed E-state index contributed by atoms with van der Waals surface area (Å²) in [5.41, 5.74) is 0.945. The van der Waals surface area contributed by atoms with Gasteiger partial charge in [-0.1, -0.05) is 37.3 Å². The van der Waals surface area contributed by atoms with E-state index in [2.05, 4.69) is 0 Å². The number of carbonyl (C=O) groups is 2. The zero-order chi connectivity index (χ0) is 15.1. The van der Waals surface area contributed by atoms with Crippen molar-refractivity contribution in [3.8, 4) is 0 Å². The van der Waals surface area contributed by atoms with Crippen LogP contribution in [0.1, 0.15) is 18.9 Å². The Bertz CT molecular complexity index is 446. The van der Waals surface area contributed by atoms with E-state index in [0.717, 1.165) is 5.56 Å². The molecule has 1 unspecified atom stereocenters. The van der Waals surface area contributed by atoms with Crippen LogP contribution >= 0.6 is 0 Å². The zero-order valence-corrected chi connectivity index (χ0v) is 12.2. The Labute approximate surface area is 119 Å². The molecule has 20 heavy (non-hydrogen) atoms. The fraction of sp³-hybridized carbons (Fsp3) is 0.467. The highest BCUT2D eigenvalue weighted by atomic mass is 16.4. The van der Waals surface area contributed by atoms with E-state index in [0.29, 0.717) is 19.5 Å². The minimum atomic E-state index is -0.960. The van der Waals surface area contributed by atoms with Crippen LogP contribution in [0.15, 0.2) is 30.3 Å². The molecular weight excluding hydrogens is 256 g/mol. The summed E-state index contributed by atoms with van der Waals surface area (Å²) in [6.07, 6.45) is -0.607. The molecule has 110 valence electrons. The van der Waals surface area contributed by atoms with E-state index >= 15 is 0 Å². The first-order chi connectivity index (χ1) is 9.40. The van der Waals surface area contributed by atoms with Crippen molar-refractivity contribution in [2.75, 3.05) is 20.6 Å². The lowest BCUT2D eigenvalue weighted by atomic mass is 10.1. The summed E-state index contributed by atoms with van der Waals surface area (Å²) in [7, 11) is 3.40. The van der Waals surface area contributed by atoms with Gasteiger partial charge in [-0.15, -0.1) is 0 Å². The van der Waals surface area contributed by atoms with E-state index in [9.17, 15) is 14.7 Å². The fourth-order valence-electron chi connectivity index (χ4n) is 1.94. The van der Waals surface area contributed by atoms with Crippen molar-refractivity contribution in [2.45, 2.75) is 19.9 Å². The van der Waals surface area contributed by atoms with Gasteiger partial charge in [0.05, 0.1) is 0 Å². The standard InChI is InChI=1S/C15H22N2O3/c1-12(9-14(18)16(2)3)10-17(15(19)20)11-13-7-5-4-6-8-13/h4-8,12H,9-11H2,1-3H3,(H,19,20). The molecular formula is C15H22N2O3. The molecule has 0 bridgehead atoms. The van der Waals surface area contributed by atoms with Crippen LogP contribution < -0.4 is 0 Å². The first-order valence-electron chi connectivity index (χ1n) is 6.62. The lowest BCUT2D eigenvalue weighted by Crippen LogP contribution is -2.35. The molecule has 1 N–H and O–H groups in total. The molecule has 0 saturated carbocycles. The van der Waals surface area contributed by atoms with Crippen molar-refractivity contribution < 1.29 is 14.7 Å². The van der Waals surface area contributed by atoms with Gasteiger partial charge in [-0.25, -0.2) is 4.79 Å². The summed E-state index contributed by atoms with van der Waals surface area (Å²) >= 11 is 0. The Morgan fingerprint density at radius 1 is 1.20 bits per heavy atom. The Morgan fingerprint density at radius 3 is 2.30 bits per heavy atom. The number of carboxylic acid groups (broad SMARTS) is 1. The highest BCUT2D eigenvalue weighted by Crippen LogP contribution is 2.11. The van der Waals surface area contributed by atoms with Crippen molar-refractivity contribution >= 4 is 12.0 Å². The van der Waals surface area contributed by atoms with E-state index in [4.69, 9.17) is 0 Å². The van der Waals surface area contributed by atoms with E-state index in [1.54, 1.807) is 14.1 Å². The molecule has 0 aliphatic carbocycles. The normalized spacial score (nSPS) is 11.8. The van der Waals surface area contributed by atoms with Gasteiger partial charge in [-0.05, 0) is 11.5 Å². The zero-order valence-electron chi connectivity index (χ0n) is 12.2.